The van der Waals surface area contributed by atoms with E-state index < -0.39 is 13.1 Å². The summed E-state index contributed by atoms with van der Waals surface area (Å²) in [5.41, 5.74) is 0.581. The summed E-state index contributed by atoms with van der Waals surface area (Å²) in [5.74, 6) is -1.12. The van der Waals surface area contributed by atoms with Crippen LogP contribution in [0.5, 0.6) is 5.75 Å². The molecule has 2 rings (SSSR count). The number of hydrogen-bond acceptors (Lipinski definition) is 3. The minimum absolute atomic E-state index is 0.0586. The van der Waals surface area contributed by atoms with Gasteiger partial charge >= 0.3 is 5.97 Å². The first-order valence-electron chi connectivity index (χ1n) is 6.78. The number of aromatic carboxylic acids is 1. The van der Waals surface area contributed by atoms with Gasteiger partial charge in [-0.3, -0.25) is 0 Å². The molecular formula is C16H15Cl2O4P. The molecule has 2 aromatic rings. The van der Waals surface area contributed by atoms with Crippen LogP contribution < -0.4 is 5.30 Å². The Labute approximate surface area is 144 Å². The van der Waals surface area contributed by atoms with Crippen LogP contribution in [0, 0.1) is 0 Å². The molecule has 1 unspecified atom stereocenters. The molecule has 7 heteroatoms. The molecule has 0 heterocycles. The van der Waals surface area contributed by atoms with Crippen molar-refractivity contribution in [3.05, 3.63) is 57.6 Å². The quantitative estimate of drug-likeness (QED) is 0.769. The third-order valence-electron chi connectivity index (χ3n) is 3.52. The van der Waals surface area contributed by atoms with Gasteiger partial charge in [-0.25, -0.2) is 4.79 Å². The number of hydrogen-bond donors (Lipinski definition) is 2. The Morgan fingerprint density at radius 2 is 1.78 bits per heavy atom. The van der Waals surface area contributed by atoms with Gasteiger partial charge in [-0.05, 0) is 42.9 Å². The lowest BCUT2D eigenvalue weighted by atomic mass is 10.1. The van der Waals surface area contributed by atoms with Gasteiger partial charge in [0.2, 0.25) is 0 Å². The van der Waals surface area contributed by atoms with Gasteiger partial charge in [-0.1, -0.05) is 35.3 Å². The average Bonchev–Trinajstić information content (AvgIpc) is 2.44. The predicted octanol–water partition coefficient (Wildman–Crippen LogP) is 4.26. The van der Waals surface area contributed by atoms with E-state index in [4.69, 9.17) is 28.3 Å². The normalized spacial score (nSPS) is 13.5. The molecule has 0 spiro atoms. The second kappa shape index (κ2) is 6.96. The molecule has 0 aliphatic carbocycles. The second-order valence-electron chi connectivity index (χ2n) is 5.33. The standard InChI is InChI=1S/C16H15Cl2O4P/c1-23(22,12-4-2-3-11(19)9-12)6-5-10-7-13(17)15(16(20)21)14(18)8-10/h2-4,7-9,19H,5-6H2,1H3,(H,20,21). The van der Waals surface area contributed by atoms with Crippen molar-refractivity contribution in [1.29, 1.82) is 0 Å². The van der Waals surface area contributed by atoms with Crippen molar-refractivity contribution in [2.24, 2.45) is 0 Å². The van der Waals surface area contributed by atoms with Gasteiger partial charge in [0.25, 0.3) is 0 Å². The number of carboxylic acids is 1. The van der Waals surface area contributed by atoms with E-state index in [-0.39, 0.29) is 21.4 Å². The van der Waals surface area contributed by atoms with E-state index in [0.717, 1.165) is 0 Å². The van der Waals surface area contributed by atoms with E-state index in [0.29, 0.717) is 23.5 Å². The van der Waals surface area contributed by atoms with E-state index in [1.807, 2.05) is 0 Å². The van der Waals surface area contributed by atoms with Gasteiger partial charge in [0, 0.05) is 11.5 Å². The van der Waals surface area contributed by atoms with Crippen LogP contribution >= 0.6 is 30.3 Å². The molecule has 4 nitrogen and oxygen atoms in total. The molecule has 0 aliphatic heterocycles. The number of aromatic hydroxyl groups is 1. The highest BCUT2D eigenvalue weighted by Crippen LogP contribution is 2.41. The van der Waals surface area contributed by atoms with Crippen molar-refractivity contribution >= 4 is 41.6 Å². The zero-order valence-corrected chi connectivity index (χ0v) is 14.7. The first kappa shape index (κ1) is 17.9. The predicted molar refractivity (Wildman–Crippen MR) is 93.3 cm³/mol. The van der Waals surface area contributed by atoms with E-state index in [1.165, 1.54) is 24.3 Å². The van der Waals surface area contributed by atoms with E-state index in [2.05, 4.69) is 0 Å². The molecule has 0 bridgehead atoms. The van der Waals surface area contributed by atoms with Crippen LogP contribution in [-0.4, -0.2) is 29.0 Å². The highest BCUT2D eigenvalue weighted by atomic mass is 35.5. The monoisotopic (exact) mass is 372 g/mol. The van der Waals surface area contributed by atoms with Crippen molar-refractivity contribution in [3.8, 4) is 5.75 Å². The maximum Gasteiger partial charge on any atom is 0.338 e. The van der Waals surface area contributed by atoms with Crippen LogP contribution in [0.1, 0.15) is 15.9 Å². The summed E-state index contributed by atoms with van der Waals surface area (Å²) in [6.07, 6.45) is 0.790. The number of rotatable bonds is 5. The fraction of sp³-hybridized carbons (Fsp3) is 0.188. The first-order chi connectivity index (χ1) is 10.7. The molecule has 0 fully saturated rings. The van der Waals surface area contributed by atoms with Crippen LogP contribution in [0.25, 0.3) is 0 Å². The number of carboxylic acid groups (broad SMARTS) is 1. The lowest BCUT2D eigenvalue weighted by Crippen LogP contribution is -2.08. The highest BCUT2D eigenvalue weighted by Gasteiger charge is 2.20. The Balaban J connectivity index is 2.21. The third kappa shape index (κ3) is 4.29. The fourth-order valence-corrected chi connectivity index (χ4v) is 4.68. The number of halogens is 2. The zero-order valence-electron chi connectivity index (χ0n) is 12.3. The molecule has 2 aromatic carbocycles. The molecule has 0 radical (unpaired) electrons. The summed E-state index contributed by atoms with van der Waals surface area (Å²) in [4.78, 5) is 11.1. The fourth-order valence-electron chi connectivity index (χ4n) is 2.23. The Morgan fingerprint density at radius 3 is 2.30 bits per heavy atom. The zero-order chi connectivity index (χ0) is 17.2. The maximum atomic E-state index is 12.8. The molecule has 0 amide bonds. The number of carbonyl (C=O) groups is 1. The summed E-state index contributed by atoms with van der Waals surface area (Å²) >= 11 is 11.9. The van der Waals surface area contributed by atoms with Gasteiger partial charge in [-0.2, -0.15) is 0 Å². The minimum atomic E-state index is -2.66. The number of aryl methyl sites for hydroxylation is 1. The molecule has 0 saturated heterocycles. The van der Waals surface area contributed by atoms with Crippen molar-refractivity contribution in [2.75, 3.05) is 12.8 Å². The summed E-state index contributed by atoms with van der Waals surface area (Å²) in [7, 11) is -2.66. The summed E-state index contributed by atoms with van der Waals surface area (Å²) in [5, 5.41) is 19.3. The third-order valence-corrected chi connectivity index (χ3v) is 6.56. The van der Waals surface area contributed by atoms with Crippen LogP contribution in [0.3, 0.4) is 0 Å². The van der Waals surface area contributed by atoms with Crippen molar-refractivity contribution in [1.82, 2.24) is 0 Å². The molecule has 0 saturated carbocycles. The lowest BCUT2D eigenvalue weighted by molar-refractivity contribution is 0.0697. The molecule has 122 valence electrons. The van der Waals surface area contributed by atoms with Gasteiger partial charge < -0.3 is 14.8 Å². The topological polar surface area (TPSA) is 74.6 Å². The lowest BCUT2D eigenvalue weighted by Gasteiger charge is -2.14. The molecule has 2 N–H and O–H groups in total. The maximum absolute atomic E-state index is 12.8. The summed E-state index contributed by atoms with van der Waals surface area (Å²) in [6.45, 7) is 1.65. The van der Waals surface area contributed by atoms with Crippen LogP contribution in [-0.2, 0) is 11.0 Å². The number of phenols is 1. The Morgan fingerprint density at radius 1 is 1.17 bits per heavy atom. The molecule has 0 aliphatic rings. The van der Waals surface area contributed by atoms with Crippen molar-refractivity contribution < 1.29 is 19.6 Å². The first-order valence-corrected chi connectivity index (χ1v) is 9.87. The molecule has 1 atom stereocenters. The number of benzene rings is 2. The molecule has 23 heavy (non-hydrogen) atoms. The molecular weight excluding hydrogens is 358 g/mol. The van der Waals surface area contributed by atoms with Crippen LogP contribution in [0.2, 0.25) is 10.0 Å². The SMILES string of the molecule is CP(=O)(CCc1cc(Cl)c(C(=O)O)c(Cl)c1)c1cccc(O)c1. The average molecular weight is 373 g/mol. The summed E-state index contributed by atoms with van der Waals surface area (Å²) in [6, 6.07) is 9.44. The van der Waals surface area contributed by atoms with Crippen LogP contribution in [0.4, 0.5) is 0 Å². The Hall–Kier alpha value is -1.48. The second-order valence-corrected chi connectivity index (χ2v) is 9.31. The van der Waals surface area contributed by atoms with E-state index in [9.17, 15) is 14.5 Å². The Kier molecular flexibility index (Phi) is 5.41. The van der Waals surface area contributed by atoms with Crippen LogP contribution in [0.15, 0.2) is 36.4 Å². The van der Waals surface area contributed by atoms with E-state index in [1.54, 1.807) is 18.8 Å². The van der Waals surface area contributed by atoms with Gasteiger partial charge in [0.15, 0.2) is 0 Å². The minimum Gasteiger partial charge on any atom is -0.508 e. The Bertz CT molecular complexity index is 781. The summed E-state index contributed by atoms with van der Waals surface area (Å²) < 4.78 is 12.8. The van der Waals surface area contributed by atoms with E-state index >= 15 is 0 Å². The van der Waals surface area contributed by atoms with Gasteiger partial charge in [-0.15, -0.1) is 0 Å². The molecule has 0 aromatic heterocycles. The van der Waals surface area contributed by atoms with Gasteiger partial charge in [0.05, 0.1) is 15.6 Å². The highest BCUT2D eigenvalue weighted by molar-refractivity contribution is 7.70. The largest absolute Gasteiger partial charge is 0.508 e. The smallest absolute Gasteiger partial charge is 0.338 e. The van der Waals surface area contributed by atoms with Crippen molar-refractivity contribution in [3.63, 3.8) is 0 Å². The van der Waals surface area contributed by atoms with Gasteiger partial charge in [0.1, 0.15) is 12.9 Å². The van der Waals surface area contributed by atoms with Crippen molar-refractivity contribution in [2.45, 2.75) is 6.42 Å². The number of phenolic OH excluding ortho intramolecular Hbond substituents is 1.